The van der Waals surface area contributed by atoms with Crippen molar-refractivity contribution >= 4 is 0 Å². The van der Waals surface area contributed by atoms with Crippen LogP contribution in [0.5, 0.6) is 0 Å². The lowest BCUT2D eigenvalue weighted by atomic mass is 10.6. The lowest BCUT2D eigenvalue weighted by molar-refractivity contribution is -0.596. The van der Waals surface area contributed by atoms with E-state index in [9.17, 15) is 0 Å². The molecule has 0 amide bonds. The van der Waals surface area contributed by atoms with Crippen LogP contribution < -0.4 is 5.32 Å². The van der Waals surface area contributed by atoms with Crippen LogP contribution in [0.25, 0.3) is 0 Å². The summed E-state index contributed by atoms with van der Waals surface area (Å²) in [6.45, 7) is 1.93. The SMILES string of the molecule is [CH2-][NH2+]CCn1cccn1. The van der Waals surface area contributed by atoms with Gasteiger partial charge in [-0.1, -0.05) is 0 Å². The molecule has 0 bridgehead atoms. The quantitative estimate of drug-likeness (QED) is 0.529. The maximum atomic E-state index is 4.02. The lowest BCUT2D eigenvalue weighted by Gasteiger charge is -1.98. The summed E-state index contributed by atoms with van der Waals surface area (Å²) in [5, 5.41) is 5.91. The van der Waals surface area contributed by atoms with Crippen molar-refractivity contribution in [2.24, 2.45) is 0 Å². The second-order valence-electron chi connectivity index (χ2n) is 1.85. The van der Waals surface area contributed by atoms with E-state index < -0.39 is 0 Å². The van der Waals surface area contributed by atoms with Crippen LogP contribution in [0, 0.1) is 7.05 Å². The molecule has 0 aliphatic rings. The van der Waals surface area contributed by atoms with Crippen LogP contribution in [-0.4, -0.2) is 16.3 Å². The first kappa shape index (κ1) is 6.29. The minimum Gasteiger partial charge on any atom is -0.477 e. The fourth-order valence-electron chi connectivity index (χ4n) is 0.656. The molecule has 0 spiro atoms. The number of aromatic nitrogens is 2. The Labute approximate surface area is 54.7 Å². The molecule has 0 fully saturated rings. The van der Waals surface area contributed by atoms with Crippen LogP contribution in [-0.2, 0) is 6.54 Å². The Morgan fingerprint density at radius 2 is 2.56 bits per heavy atom. The maximum Gasteiger partial charge on any atom is 0.0877 e. The summed E-state index contributed by atoms with van der Waals surface area (Å²) in [5.41, 5.74) is 0. The molecule has 1 aromatic rings. The van der Waals surface area contributed by atoms with Crippen LogP contribution >= 0.6 is 0 Å². The smallest absolute Gasteiger partial charge is 0.0877 e. The van der Waals surface area contributed by atoms with Gasteiger partial charge in [0.15, 0.2) is 0 Å². The van der Waals surface area contributed by atoms with Gasteiger partial charge in [0.25, 0.3) is 0 Å². The average Bonchev–Trinajstić information content (AvgIpc) is 2.34. The number of hydrogen-bond donors (Lipinski definition) is 1. The van der Waals surface area contributed by atoms with Gasteiger partial charge < -0.3 is 5.32 Å². The normalized spacial score (nSPS) is 9.89. The van der Waals surface area contributed by atoms with Gasteiger partial charge in [-0.2, -0.15) is 12.1 Å². The van der Waals surface area contributed by atoms with Gasteiger partial charge in [0, 0.05) is 12.4 Å². The largest absolute Gasteiger partial charge is 0.477 e. The van der Waals surface area contributed by atoms with Crippen molar-refractivity contribution in [3.05, 3.63) is 25.5 Å². The van der Waals surface area contributed by atoms with Crippen molar-refractivity contribution in [2.45, 2.75) is 6.54 Å². The molecule has 50 valence electrons. The van der Waals surface area contributed by atoms with Crippen molar-refractivity contribution < 1.29 is 5.32 Å². The van der Waals surface area contributed by atoms with Gasteiger partial charge in [0.2, 0.25) is 0 Å². The first-order valence-corrected chi connectivity index (χ1v) is 3.02. The molecule has 0 aromatic carbocycles. The molecular formula is C6H11N3. The number of quaternary nitrogens is 1. The van der Waals surface area contributed by atoms with Gasteiger partial charge in [0.1, 0.15) is 0 Å². The van der Waals surface area contributed by atoms with Crippen LogP contribution in [0.1, 0.15) is 0 Å². The summed E-state index contributed by atoms with van der Waals surface area (Å²) in [6.07, 6.45) is 3.73. The Morgan fingerprint density at radius 3 is 3.11 bits per heavy atom. The molecule has 0 aliphatic carbocycles. The van der Waals surface area contributed by atoms with Crippen LogP contribution in [0.3, 0.4) is 0 Å². The number of rotatable bonds is 3. The van der Waals surface area contributed by atoms with Gasteiger partial charge in [-0.15, -0.1) is 0 Å². The fraction of sp³-hybridized carbons (Fsp3) is 0.333. The first-order valence-electron chi connectivity index (χ1n) is 3.02. The molecule has 0 atom stereocenters. The molecule has 3 heteroatoms. The monoisotopic (exact) mass is 125 g/mol. The van der Waals surface area contributed by atoms with E-state index >= 15 is 0 Å². The highest BCUT2D eigenvalue weighted by molar-refractivity contribution is 4.77. The molecule has 1 aromatic heterocycles. The molecule has 0 saturated heterocycles. The molecular weight excluding hydrogens is 114 g/mol. The van der Waals surface area contributed by atoms with Gasteiger partial charge >= 0.3 is 0 Å². The third-order valence-corrected chi connectivity index (χ3v) is 1.12. The van der Waals surface area contributed by atoms with E-state index in [-0.39, 0.29) is 0 Å². The predicted molar refractivity (Wildman–Crippen MR) is 34.4 cm³/mol. The van der Waals surface area contributed by atoms with Crippen LogP contribution in [0.4, 0.5) is 0 Å². The Morgan fingerprint density at radius 1 is 1.67 bits per heavy atom. The second-order valence-corrected chi connectivity index (χ2v) is 1.85. The zero-order valence-corrected chi connectivity index (χ0v) is 5.33. The maximum absolute atomic E-state index is 4.02. The molecule has 3 nitrogen and oxygen atoms in total. The Kier molecular flexibility index (Phi) is 2.27. The van der Waals surface area contributed by atoms with Crippen molar-refractivity contribution in [1.82, 2.24) is 9.78 Å². The molecule has 0 unspecified atom stereocenters. The topological polar surface area (TPSA) is 34.4 Å². The van der Waals surface area contributed by atoms with E-state index in [1.807, 2.05) is 22.3 Å². The van der Waals surface area contributed by atoms with E-state index in [1.165, 1.54) is 0 Å². The van der Waals surface area contributed by atoms with Gasteiger partial charge in [-0.3, -0.25) is 4.68 Å². The molecule has 1 rings (SSSR count). The summed E-state index contributed by atoms with van der Waals surface area (Å²) < 4.78 is 1.89. The van der Waals surface area contributed by atoms with Crippen molar-refractivity contribution in [3.8, 4) is 0 Å². The molecule has 0 radical (unpaired) electrons. The number of nitrogens with two attached hydrogens (primary N) is 1. The van der Waals surface area contributed by atoms with Crippen molar-refractivity contribution in [1.29, 1.82) is 0 Å². The van der Waals surface area contributed by atoms with Crippen molar-refractivity contribution in [2.75, 3.05) is 6.54 Å². The first-order chi connectivity index (χ1) is 4.43. The summed E-state index contributed by atoms with van der Waals surface area (Å²) in [5.74, 6) is 0. The third-order valence-electron chi connectivity index (χ3n) is 1.12. The zero-order chi connectivity index (χ0) is 6.53. The summed E-state index contributed by atoms with van der Waals surface area (Å²) in [6, 6.07) is 1.92. The van der Waals surface area contributed by atoms with E-state index in [0.29, 0.717) is 0 Å². The van der Waals surface area contributed by atoms with Gasteiger partial charge in [0.05, 0.1) is 13.1 Å². The Balaban J connectivity index is 2.30. The summed E-state index contributed by atoms with van der Waals surface area (Å²) >= 11 is 0. The van der Waals surface area contributed by atoms with E-state index in [1.54, 1.807) is 6.20 Å². The lowest BCUT2D eigenvalue weighted by Crippen LogP contribution is -2.77. The van der Waals surface area contributed by atoms with E-state index in [2.05, 4.69) is 12.1 Å². The fourth-order valence-corrected chi connectivity index (χ4v) is 0.656. The zero-order valence-electron chi connectivity index (χ0n) is 5.33. The Hall–Kier alpha value is -0.830. The average molecular weight is 125 g/mol. The highest BCUT2D eigenvalue weighted by Gasteiger charge is 1.85. The van der Waals surface area contributed by atoms with E-state index in [0.717, 1.165) is 13.1 Å². The molecule has 9 heavy (non-hydrogen) atoms. The van der Waals surface area contributed by atoms with E-state index in [4.69, 9.17) is 0 Å². The second kappa shape index (κ2) is 3.25. The standard InChI is InChI=1S/C6H11N3/c1-7-4-6-9-5-2-3-8-9/h2-3,5H,1,4,6-7H2. The summed E-state index contributed by atoms with van der Waals surface area (Å²) in [7, 11) is 3.62. The van der Waals surface area contributed by atoms with Crippen LogP contribution in [0.2, 0.25) is 0 Å². The molecule has 0 saturated carbocycles. The van der Waals surface area contributed by atoms with Gasteiger partial charge in [-0.05, 0) is 6.07 Å². The summed E-state index contributed by atoms with van der Waals surface area (Å²) in [4.78, 5) is 0. The molecule has 0 aliphatic heterocycles. The highest BCUT2D eigenvalue weighted by atomic mass is 15.3. The number of nitrogens with zero attached hydrogens (tertiary/aromatic N) is 2. The Bertz CT molecular complexity index is 145. The molecule has 1 heterocycles. The minimum absolute atomic E-state index is 0.941. The van der Waals surface area contributed by atoms with Crippen LogP contribution in [0.15, 0.2) is 18.5 Å². The number of hydrogen-bond acceptors (Lipinski definition) is 1. The van der Waals surface area contributed by atoms with Gasteiger partial charge in [-0.25, -0.2) is 0 Å². The van der Waals surface area contributed by atoms with Crippen molar-refractivity contribution in [3.63, 3.8) is 0 Å². The molecule has 2 N–H and O–H groups in total. The minimum atomic E-state index is 0.941. The highest BCUT2D eigenvalue weighted by Crippen LogP contribution is 1.79. The third kappa shape index (κ3) is 1.85. The predicted octanol–water partition coefficient (Wildman–Crippen LogP) is -0.762.